The van der Waals surface area contributed by atoms with Gasteiger partial charge < -0.3 is 4.74 Å². The van der Waals surface area contributed by atoms with E-state index in [1.165, 1.54) is 109 Å². The number of ether oxygens (including phenoxy) is 1. The van der Waals surface area contributed by atoms with Gasteiger partial charge in [0, 0.05) is 6.42 Å². The van der Waals surface area contributed by atoms with E-state index in [2.05, 4.69) is 6.92 Å². The molecule has 1 saturated carbocycles. The molecule has 26 heavy (non-hydrogen) atoms. The molecular formula is C24H46O2. The molecule has 0 aromatic rings. The van der Waals surface area contributed by atoms with Crippen molar-refractivity contribution in [1.29, 1.82) is 0 Å². The van der Waals surface area contributed by atoms with Crippen LogP contribution in [0, 0.1) is 0 Å². The van der Waals surface area contributed by atoms with Gasteiger partial charge in [0.1, 0.15) is 6.10 Å². The molecule has 1 rings (SSSR count). The molecule has 1 aliphatic carbocycles. The maximum absolute atomic E-state index is 11.8. The van der Waals surface area contributed by atoms with Gasteiger partial charge in [-0.2, -0.15) is 0 Å². The molecule has 0 saturated heterocycles. The fourth-order valence-electron chi connectivity index (χ4n) is 4.07. The van der Waals surface area contributed by atoms with Crippen LogP contribution >= 0.6 is 0 Å². The largest absolute Gasteiger partial charge is 0.462 e. The molecule has 0 atom stereocenters. The average molecular weight is 367 g/mol. The maximum atomic E-state index is 11.8. The van der Waals surface area contributed by atoms with Gasteiger partial charge in [0.25, 0.3) is 0 Å². The van der Waals surface area contributed by atoms with Crippen LogP contribution in [0.3, 0.4) is 0 Å². The minimum absolute atomic E-state index is 0.0478. The summed E-state index contributed by atoms with van der Waals surface area (Å²) in [4.78, 5) is 11.8. The second-order valence-electron chi connectivity index (χ2n) is 8.45. The van der Waals surface area contributed by atoms with E-state index in [-0.39, 0.29) is 12.1 Å². The first kappa shape index (κ1) is 23.5. The van der Waals surface area contributed by atoms with Crippen LogP contribution in [-0.2, 0) is 9.53 Å². The van der Waals surface area contributed by atoms with E-state index in [0.29, 0.717) is 6.42 Å². The van der Waals surface area contributed by atoms with Crippen LogP contribution in [0.1, 0.15) is 142 Å². The Morgan fingerprint density at radius 2 is 1.08 bits per heavy atom. The lowest BCUT2D eigenvalue weighted by molar-refractivity contribution is -0.150. The Kier molecular flexibility index (Phi) is 16.2. The topological polar surface area (TPSA) is 26.3 Å². The van der Waals surface area contributed by atoms with Crippen LogP contribution in [0.4, 0.5) is 0 Å². The molecule has 0 radical (unpaired) electrons. The van der Waals surface area contributed by atoms with Crippen molar-refractivity contribution in [3.05, 3.63) is 0 Å². The fraction of sp³-hybridized carbons (Fsp3) is 0.958. The highest BCUT2D eigenvalue weighted by atomic mass is 16.5. The molecule has 154 valence electrons. The van der Waals surface area contributed by atoms with E-state index in [0.717, 1.165) is 19.3 Å². The van der Waals surface area contributed by atoms with Crippen molar-refractivity contribution < 1.29 is 9.53 Å². The molecule has 0 spiro atoms. The summed E-state index contributed by atoms with van der Waals surface area (Å²) >= 11 is 0. The van der Waals surface area contributed by atoms with Crippen LogP contribution in [0.5, 0.6) is 0 Å². The van der Waals surface area contributed by atoms with Gasteiger partial charge in [-0.05, 0) is 32.1 Å². The first-order valence-electron chi connectivity index (χ1n) is 12.0. The highest BCUT2D eigenvalue weighted by Crippen LogP contribution is 2.21. The SMILES string of the molecule is CCCCCCCCCCCCCCCCCC(=O)OC1CCCCC1. The van der Waals surface area contributed by atoms with Crippen LogP contribution in [0.2, 0.25) is 0 Å². The van der Waals surface area contributed by atoms with Gasteiger partial charge in [-0.15, -0.1) is 0 Å². The van der Waals surface area contributed by atoms with E-state index in [4.69, 9.17) is 4.74 Å². The lowest BCUT2D eigenvalue weighted by Gasteiger charge is -2.21. The molecule has 0 aliphatic heterocycles. The maximum Gasteiger partial charge on any atom is 0.306 e. The molecule has 0 unspecified atom stereocenters. The average Bonchev–Trinajstić information content (AvgIpc) is 2.65. The normalized spacial score (nSPS) is 15.3. The van der Waals surface area contributed by atoms with Crippen molar-refractivity contribution in [2.24, 2.45) is 0 Å². The molecular weight excluding hydrogens is 320 g/mol. The quantitative estimate of drug-likeness (QED) is 0.192. The van der Waals surface area contributed by atoms with Crippen LogP contribution in [-0.4, -0.2) is 12.1 Å². The Hall–Kier alpha value is -0.530. The Labute approximate surface area is 163 Å². The molecule has 0 aromatic carbocycles. The molecule has 0 bridgehead atoms. The standard InChI is InChI=1S/C24H46O2/c1-2-3-4-5-6-7-8-9-10-11-12-13-14-15-19-22-24(25)26-23-20-17-16-18-21-23/h23H,2-22H2,1H3. The molecule has 0 heterocycles. The van der Waals surface area contributed by atoms with E-state index >= 15 is 0 Å². The summed E-state index contributed by atoms with van der Waals surface area (Å²) in [6, 6.07) is 0. The van der Waals surface area contributed by atoms with Gasteiger partial charge in [0.05, 0.1) is 0 Å². The van der Waals surface area contributed by atoms with Gasteiger partial charge in [0.15, 0.2) is 0 Å². The third kappa shape index (κ3) is 14.6. The minimum Gasteiger partial charge on any atom is -0.462 e. The van der Waals surface area contributed by atoms with Gasteiger partial charge >= 0.3 is 5.97 Å². The Morgan fingerprint density at radius 3 is 1.54 bits per heavy atom. The third-order valence-corrected chi connectivity index (χ3v) is 5.83. The van der Waals surface area contributed by atoms with Crippen LogP contribution in [0.15, 0.2) is 0 Å². The second-order valence-corrected chi connectivity index (χ2v) is 8.45. The van der Waals surface area contributed by atoms with Gasteiger partial charge in [-0.3, -0.25) is 4.79 Å². The predicted molar refractivity (Wildman–Crippen MR) is 113 cm³/mol. The number of carbonyl (C=O) groups is 1. The third-order valence-electron chi connectivity index (χ3n) is 5.83. The lowest BCUT2D eigenvalue weighted by atomic mass is 9.98. The summed E-state index contributed by atoms with van der Waals surface area (Å²) in [7, 11) is 0. The molecule has 0 aromatic heterocycles. The molecule has 2 heteroatoms. The molecule has 1 fully saturated rings. The first-order valence-corrected chi connectivity index (χ1v) is 12.0. The van der Waals surface area contributed by atoms with Crippen molar-refractivity contribution in [1.82, 2.24) is 0 Å². The monoisotopic (exact) mass is 366 g/mol. The number of rotatable bonds is 17. The Morgan fingerprint density at radius 1 is 0.654 bits per heavy atom. The highest BCUT2D eigenvalue weighted by molar-refractivity contribution is 5.69. The fourth-order valence-corrected chi connectivity index (χ4v) is 4.07. The Balaban J connectivity index is 1.73. The zero-order valence-electron chi connectivity index (χ0n) is 17.7. The number of unbranched alkanes of at least 4 members (excludes halogenated alkanes) is 14. The van der Waals surface area contributed by atoms with Crippen molar-refractivity contribution in [3.63, 3.8) is 0 Å². The lowest BCUT2D eigenvalue weighted by Crippen LogP contribution is -2.20. The molecule has 0 amide bonds. The van der Waals surface area contributed by atoms with E-state index in [1.807, 2.05) is 0 Å². The highest BCUT2D eigenvalue weighted by Gasteiger charge is 2.17. The summed E-state index contributed by atoms with van der Waals surface area (Å²) in [5.74, 6) is 0.0478. The predicted octanol–water partition coefficient (Wildman–Crippen LogP) is 8.12. The summed E-state index contributed by atoms with van der Waals surface area (Å²) < 4.78 is 5.57. The van der Waals surface area contributed by atoms with Crippen LogP contribution in [0.25, 0.3) is 0 Å². The van der Waals surface area contributed by atoms with Gasteiger partial charge in [-0.25, -0.2) is 0 Å². The van der Waals surface area contributed by atoms with Crippen molar-refractivity contribution >= 4 is 5.97 Å². The summed E-state index contributed by atoms with van der Waals surface area (Å²) in [6.45, 7) is 2.28. The van der Waals surface area contributed by atoms with Crippen LogP contribution < -0.4 is 0 Å². The van der Waals surface area contributed by atoms with Crippen molar-refractivity contribution in [3.8, 4) is 0 Å². The summed E-state index contributed by atoms with van der Waals surface area (Å²) in [6.07, 6.45) is 27.3. The number of hydrogen-bond donors (Lipinski definition) is 0. The number of carbonyl (C=O) groups excluding carboxylic acids is 1. The first-order chi connectivity index (χ1) is 12.8. The van der Waals surface area contributed by atoms with Crippen molar-refractivity contribution in [2.45, 2.75) is 148 Å². The Bertz CT molecular complexity index is 307. The zero-order chi connectivity index (χ0) is 18.7. The summed E-state index contributed by atoms with van der Waals surface area (Å²) in [5, 5.41) is 0. The molecule has 2 nitrogen and oxygen atoms in total. The van der Waals surface area contributed by atoms with E-state index < -0.39 is 0 Å². The molecule has 1 aliphatic rings. The second kappa shape index (κ2) is 17.9. The van der Waals surface area contributed by atoms with Crippen molar-refractivity contribution in [2.75, 3.05) is 0 Å². The summed E-state index contributed by atoms with van der Waals surface area (Å²) in [5.41, 5.74) is 0. The minimum atomic E-state index is 0.0478. The van der Waals surface area contributed by atoms with Gasteiger partial charge in [-0.1, -0.05) is 103 Å². The smallest absolute Gasteiger partial charge is 0.306 e. The van der Waals surface area contributed by atoms with E-state index in [1.54, 1.807) is 0 Å². The number of hydrogen-bond acceptors (Lipinski definition) is 2. The molecule has 0 N–H and O–H groups in total. The van der Waals surface area contributed by atoms with E-state index in [9.17, 15) is 4.79 Å². The number of esters is 1. The van der Waals surface area contributed by atoms with Gasteiger partial charge in [0.2, 0.25) is 0 Å². The zero-order valence-corrected chi connectivity index (χ0v) is 17.7.